The average molecular weight is 218 g/mol. The lowest BCUT2D eigenvalue weighted by atomic mass is 10.2. The summed E-state index contributed by atoms with van der Waals surface area (Å²) in [5.74, 6) is 0. The number of hydrogen-bond acceptors (Lipinski definition) is 1. The van der Waals surface area contributed by atoms with Crippen molar-refractivity contribution in [1.82, 2.24) is 4.90 Å². The quantitative estimate of drug-likeness (QED) is 0.546. The monoisotopic (exact) mass is 218 g/mol. The van der Waals surface area contributed by atoms with Gasteiger partial charge in [-0.1, -0.05) is 30.3 Å². The van der Waals surface area contributed by atoms with Gasteiger partial charge in [-0.2, -0.15) is 0 Å². The van der Waals surface area contributed by atoms with Crippen LogP contribution >= 0.6 is 0 Å². The molecule has 2 nitrogen and oxygen atoms in total. The van der Waals surface area contributed by atoms with Gasteiger partial charge in [-0.05, 0) is 33.3 Å². The maximum absolute atomic E-state index is 4.44. The second-order valence-electron chi connectivity index (χ2n) is 4.61. The van der Waals surface area contributed by atoms with Gasteiger partial charge in [-0.3, -0.25) is 4.99 Å². The van der Waals surface area contributed by atoms with E-state index in [9.17, 15) is 0 Å². The summed E-state index contributed by atoms with van der Waals surface area (Å²) < 4.78 is 0. The van der Waals surface area contributed by atoms with Gasteiger partial charge in [0.25, 0.3) is 0 Å². The fourth-order valence-electron chi connectivity index (χ4n) is 1.37. The number of hydrogen-bond donors (Lipinski definition) is 0. The van der Waals surface area contributed by atoms with E-state index in [0.29, 0.717) is 12.1 Å². The predicted molar refractivity (Wildman–Crippen MR) is 70.7 cm³/mol. The molecule has 0 aromatic heterocycles. The molecular formula is C14H22N2. The van der Waals surface area contributed by atoms with Gasteiger partial charge in [0, 0.05) is 18.6 Å². The fraction of sp³-hybridized carbons (Fsp3) is 0.500. The predicted octanol–water partition coefficient (Wildman–Crippen LogP) is 3.33. The summed E-state index contributed by atoms with van der Waals surface area (Å²) in [6, 6.07) is 11.3. The van der Waals surface area contributed by atoms with E-state index in [1.54, 1.807) is 0 Å². The van der Waals surface area contributed by atoms with Crippen molar-refractivity contribution in [2.24, 2.45) is 4.99 Å². The second-order valence-corrected chi connectivity index (χ2v) is 4.61. The van der Waals surface area contributed by atoms with Gasteiger partial charge < -0.3 is 4.90 Å². The van der Waals surface area contributed by atoms with Crippen LogP contribution in [0.1, 0.15) is 33.3 Å². The van der Waals surface area contributed by atoms with Crippen molar-refractivity contribution in [2.75, 3.05) is 0 Å². The molecule has 2 heteroatoms. The van der Waals surface area contributed by atoms with Crippen LogP contribution in [-0.2, 0) is 6.54 Å². The van der Waals surface area contributed by atoms with E-state index in [1.165, 1.54) is 5.56 Å². The van der Waals surface area contributed by atoms with Gasteiger partial charge in [0.2, 0.25) is 0 Å². The molecule has 1 rings (SSSR count). The van der Waals surface area contributed by atoms with Gasteiger partial charge in [0.1, 0.15) is 0 Å². The first-order valence-electron chi connectivity index (χ1n) is 5.92. The molecule has 0 heterocycles. The van der Waals surface area contributed by atoms with Crippen LogP contribution in [0.15, 0.2) is 35.3 Å². The summed E-state index contributed by atoms with van der Waals surface area (Å²) in [7, 11) is 0. The van der Waals surface area contributed by atoms with Crippen LogP contribution in [0.25, 0.3) is 0 Å². The Kier molecular flexibility index (Phi) is 5.03. The first kappa shape index (κ1) is 12.8. The molecule has 0 N–H and O–H groups in total. The van der Waals surface area contributed by atoms with Crippen LogP contribution in [0, 0.1) is 0 Å². The number of benzene rings is 1. The Morgan fingerprint density at radius 2 is 1.75 bits per heavy atom. The Morgan fingerprint density at radius 1 is 1.12 bits per heavy atom. The van der Waals surface area contributed by atoms with Crippen LogP contribution in [0.3, 0.4) is 0 Å². The van der Waals surface area contributed by atoms with E-state index in [2.05, 4.69) is 61.9 Å². The maximum atomic E-state index is 4.44. The molecule has 1 aromatic carbocycles. The highest BCUT2D eigenvalue weighted by Crippen LogP contribution is 2.06. The van der Waals surface area contributed by atoms with Crippen LogP contribution in [-0.4, -0.2) is 23.3 Å². The molecule has 88 valence electrons. The smallest absolute Gasteiger partial charge is 0.0858 e. The Labute approximate surface area is 99.0 Å². The first-order chi connectivity index (χ1) is 7.59. The van der Waals surface area contributed by atoms with Crippen molar-refractivity contribution in [2.45, 2.75) is 46.3 Å². The lowest BCUT2D eigenvalue weighted by Crippen LogP contribution is -2.29. The largest absolute Gasteiger partial charge is 0.356 e. The molecule has 16 heavy (non-hydrogen) atoms. The average Bonchev–Trinajstić information content (AvgIpc) is 2.25. The molecule has 0 saturated carbocycles. The summed E-state index contributed by atoms with van der Waals surface area (Å²) >= 11 is 0. The van der Waals surface area contributed by atoms with Crippen LogP contribution in [0.4, 0.5) is 0 Å². The molecule has 0 saturated heterocycles. The molecule has 0 radical (unpaired) electrons. The van der Waals surface area contributed by atoms with Gasteiger partial charge in [-0.25, -0.2) is 0 Å². The Bertz CT molecular complexity index is 315. The second kappa shape index (κ2) is 6.31. The number of rotatable bonds is 5. The molecule has 1 aromatic rings. The van der Waals surface area contributed by atoms with E-state index >= 15 is 0 Å². The zero-order valence-electron chi connectivity index (χ0n) is 10.7. The lowest BCUT2D eigenvalue weighted by Gasteiger charge is -2.24. The SMILES string of the molecule is CC(C)/N=C\N(Cc1ccccc1)C(C)C. The summed E-state index contributed by atoms with van der Waals surface area (Å²) in [5, 5.41) is 0. The van der Waals surface area contributed by atoms with Crippen LogP contribution in [0.5, 0.6) is 0 Å². The van der Waals surface area contributed by atoms with Crippen LogP contribution < -0.4 is 0 Å². The summed E-state index contributed by atoms with van der Waals surface area (Å²) in [6.45, 7) is 9.49. The number of aliphatic imine (C=N–C) groups is 1. The molecule has 0 aliphatic carbocycles. The van der Waals surface area contributed by atoms with Crippen molar-refractivity contribution < 1.29 is 0 Å². The highest BCUT2D eigenvalue weighted by Gasteiger charge is 2.05. The summed E-state index contributed by atoms with van der Waals surface area (Å²) in [6.07, 6.45) is 1.97. The molecular weight excluding hydrogens is 196 g/mol. The third-order valence-corrected chi connectivity index (χ3v) is 2.38. The van der Waals surface area contributed by atoms with Crippen molar-refractivity contribution in [3.05, 3.63) is 35.9 Å². The summed E-state index contributed by atoms with van der Waals surface area (Å²) in [4.78, 5) is 6.70. The zero-order chi connectivity index (χ0) is 12.0. The fourth-order valence-corrected chi connectivity index (χ4v) is 1.37. The number of nitrogens with zero attached hydrogens (tertiary/aromatic N) is 2. The van der Waals surface area contributed by atoms with Crippen molar-refractivity contribution in [3.8, 4) is 0 Å². The highest BCUT2D eigenvalue weighted by atomic mass is 15.2. The maximum Gasteiger partial charge on any atom is 0.0858 e. The van der Waals surface area contributed by atoms with Gasteiger partial charge in [0.05, 0.1) is 6.34 Å². The topological polar surface area (TPSA) is 15.6 Å². The van der Waals surface area contributed by atoms with Crippen molar-refractivity contribution >= 4 is 6.34 Å². The Morgan fingerprint density at radius 3 is 2.25 bits per heavy atom. The first-order valence-corrected chi connectivity index (χ1v) is 5.92. The van der Waals surface area contributed by atoms with Gasteiger partial charge >= 0.3 is 0 Å². The minimum atomic E-state index is 0.358. The minimum Gasteiger partial charge on any atom is -0.356 e. The standard InChI is InChI=1S/C14H22N2/c1-12(2)15-11-16(13(3)4)10-14-8-6-5-7-9-14/h5-9,11-13H,10H2,1-4H3/b15-11-. The summed E-state index contributed by atoms with van der Waals surface area (Å²) in [5.41, 5.74) is 1.33. The normalized spacial score (nSPS) is 11.6. The zero-order valence-corrected chi connectivity index (χ0v) is 10.7. The van der Waals surface area contributed by atoms with Crippen molar-refractivity contribution in [1.29, 1.82) is 0 Å². The van der Waals surface area contributed by atoms with E-state index in [-0.39, 0.29) is 0 Å². The van der Waals surface area contributed by atoms with Gasteiger partial charge in [-0.15, -0.1) is 0 Å². The highest BCUT2D eigenvalue weighted by molar-refractivity contribution is 5.55. The molecule has 0 bridgehead atoms. The van der Waals surface area contributed by atoms with Gasteiger partial charge in [0.15, 0.2) is 0 Å². The molecule has 0 atom stereocenters. The van der Waals surface area contributed by atoms with E-state index in [0.717, 1.165) is 6.54 Å². The van der Waals surface area contributed by atoms with Crippen LogP contribution in [0.2, 0.25) is 0 Å². The molecule has 0 amide bonds. The third kappa shape index (κ3) is 4.47. The molecule has 0 aliphatic rings. The molecule has 0 aliphatic heterocycles. The van der Waals surface area contributed by atoms with E-state index < -0.39 is 0 Å². The third-order valence-electron chi connectivity index (χ3n) is 2.38. The molecule has 0 unspecified atom stereocenters. The Hall–Kier alpha value is -1.31. The molecule has 0 fully saturated rings. The lowest BCUT2D eigenvalue weighted by molar-refractivity contribution is 0.351. The minimum absolute atomic E-state index is 0.358. The Balaban J connectivity index is 2.65. The van der Waals surface area contributed by atoms with E-state index in [4.69, 9.17) is 0 Å². The van der Waals surface area contributed by atoms with Crippen molar-refractivity contribution in [3.63, 3.8) is 0 Å². The molecule has 0 spiro atoms. The van der Waals surface area contributed by atoms with E-state index in [1.807, 2.05) is 12.4 Å².